The van der Waals surface area contributed by atoms with Gasteiger partial charge in [0.1, 0.15) is 11.3 Å². The zero-order chi connectivity index (χ0) is 14.7. The number of anilines is 1. The molecule has 2 aromatic carbocycles. The van der Waals surface area contributed by atoms with Crippen molar-refractivity contribution in [1.29, 1.82) is 0 Å². The molecular formula is C18H20N2O. The molecule has 0 unspecified atom stereocenters. The Balaban J connectivity index is 2.00. The van der Waals surface area contributed by atoms with Crippen LogP contribution in [0.5, 0.6) is 0 Å². The average Bonchev–Trinajstić information content (AvgIpc) is 2.91. The van der Waals surface area contributed by atoms with Gasteiger partial charge in [-0.05, 0) is 25.1 Å². The topological polar surface area (TPSA) is 42.4 Å². The summed E-state index contributed by atoms with van der Waals surface area (Å²) in [5.74, 6) is 0.880. The van der Waals surface area contributed by atoms with Crippen LogP contribution in [-0.2, 0) is 13.1 Å². The predicted octanol–water partition coefficient (Wildman–Crippen LogP) is 3.92. The van der Waals surface area contributed by atoms with E-state index in [1.807, 2.05) is 24.3 Å². The quantitative estimate of drug-likeness (QED) is 0.770. The van der Waals surface area contributed by atoms with Crippen LogP contribution in [0.4, 0.5) is 5.69 Å². The van der Waals surface area contributed by atoms with Crippen LogP contribution >= 0.6 is 0 Å². The Hall–Kier alpha value is -2.26. The van der Waals surface area contributed by atoms with Gasteiger partial charge in [-0.3, -0.25) is 0 Å². The number of nitrogens with zero attached hydrogens (tertiary/aromatic N) is 1. The van der Waals surface area contributed by atoms with Crippen LogP contribution in [0, 0.1) is 0 Å². The Kier molecular flexibility index (Phi) is 3.93. The van der Waals surface area contributed by atoms with Gasteiger partial charge >= 0.3 is 0 Å². The minimum atomic E-state index is 0.427. The van der Waals surface area contributed by atoms with E-state index in [9.17, 15) is 0 Å². The molecule has 0 aliphatic heterocycles. The molecule has 3 heteroatoms. The summed E-state index contributed by atoms with van der Waals surface area (Å²) in [6, 6.07) is 18.6. The molecule has 3 nitrogen and oxygen atoms in total. The van der Waals surface area contributed by atoms with Crippen LogP contribution < -0.4 is 10.6 Å². The highest BCUT2D eigenvalue weighted by atomic mass is 16.3. The van der Waals surface area contributed by atoms with E-state index in [0.717, 1.165) is 29.8 Å². The van der Waals surface area contributed by atoms with E-state index in [4.69, 9.17) is 10.2 Å². The lowest BCUT2D eigenvalue weighted by Crippen LogP contribution is -2.22. The zero-order valence-electron chi connectivity index (χ0n) is 12.3. The van der Waals surface area contributed by atoms with Gasteiger partial charge in [-0.15, -0.1) is 0 Å². The Bertz CT molecular complexity index is 718. The molecule has 3 aromatic rings. The van der Waals surface area contributed by atoms with Crippen LogP contribution in [-0.4, -0.2) is 6.54 Å². The average molecular weight is 280 g/mol. The number of rotatable bonds is 5. The van der Waals surface area contributed by atoms with Crippen LogP contribution in [0.25, 0.3) is 11.0 Å². The molecule has 0 aliphatic carbocycles. The molecule has 0 atom stereocenters. The highest BCUT2D eigenvalue weighted by Crippen LogP contribution is 2.28. The summed E-state index contributed by atoms with van der Waals surface area (Å²) in [5.41, 5.74) is 9.18. The van der Waals surface area contributed by atoms with Crippen molar-refractivity contribution in [1.82, 2.24) is 0 Å². The van der Waals surface area contributed by atoms with E-state index in [0.29, 0.717) is 6.54 Å². The summed E-state index contributed by atoms with van der Waals surface area (Å²) in [4.78, 5) is 2.33. The Morgan fingerprint density at radius 3 is 2.43 bits per heavy atom. The zero-order valence-corrected chi connectivity index (χ0v) is 12.3. The maximum Gasteiger partial charge on any atom is 0.134 e. The molecule has 0 radical (unpaired) electrons. The fourth-order valence-corrected chi connectivity index (χ4v) is 2.70. The number of hydrogen-bond acceptors (Lipinski definition) is 3. The van der Waals surface area contributed by atoms with Crippen molar-refractivity contribution in [3.8, 4) is 0 Å². The first-order valence-electron chi connectivity index (χ1n) is 7.32. The second-order valence-corrected chi connectivity index (χ2v) is 5.05. The van der Waals surface area contributed by atoms with E-state index in [1.165, 1.54) is 11.3 Å². The molecule has 3 rings (SSSR count). The third-order valence-corrected chi connectivity index (χ3v) is 3.82. The van der Waals surface area contributed by atoms with E-state index >= 15 is 0 Å². The minimum Gasteiger partial charge on any atom is -0.459 e. The Morgan fingerprint density at radius 1 is 1.00 bits per heavy atom. The van der Waals surface area contributed by atoms with Gasteiger partial charge < -0.3 is 15.1 Å². The van der Waals surface area contributed by atoms with Crippen molar-refractivity contribution >= 4 is 16.7 Å². The number of fused-ring (bicyclic) bond motifs is 1. The van der Waals surface area contributed by atoms with Crippen LogP contribution in [0.3, 0.4) is 0 Å². The predicted molar refractivity (Wildman–Crippen MR) is 87.3 cm³/mol. The van der Waals surface area contributed by atoms with Crippen molar-refractivity contribution in [3.63, 3.8) is 0 Å². The van der Waals surface area contributed by atoms with Crippen molar-refractivity contribution in [2.24, 2.45) is 5.73 Å². The highest BCUT2D eigenvalue weighted by molar-refractivity contribution is 5.82. The van der Waals surface area contributed by atoms with Gasteiger partial charge in [0, 0.05) is 29.7 Å². The molecule has 0 amide bonds. The van der Waals surface area contributed by atoms with Crippen molar-refractivity contribution < 1.29 is 4.42 Å². The molecule has 108 valence electrons. The standard InChI is InChI=1S/C18H20N2O/c1-2-20(14-8-4-3-5-9-14)13-16-15-10-6-7-11-17(15)21-18(16)12-19/h3-11H,2,12-13,19H2,1H3. The molecule has 0 saturated heterocycles. The summed E-state index contributed by atoms with van der Waals surface area (Å²) >= 11 is 0. The van der Waals surface area contributed by atoms with Crippen LogP contribution in [0.1, 0.15) is 18.2 Å². The lowest BCUT2D eigenvalue weighted by molar-refractivity contribution is 0.544. The third-order valence-electron chi connectivity index (χ3n) is 3.82. The van der Waals surface area contributed by atoms with E-state index in [1.54, 1.807) is 0 Å². The second-order valence-electron chi connectivity index (χ2n) is 5.05. The summed E-state index contributed by atoms with van der Waals surface area (Å²) in [6.45, 7) is 4.34. The molecule has 1 aromatic heterocycles. The van der Waals surface area contributed by atoms with E-state index in [2.05, 4.69) is 42.2 Å². The molecule has 0 saturated carbocycles. The number of para-hydroxylation sites is 2. The van der Waals surface area contributed by atoms with Crippen molar-refractivity contribution in [3.05, 3.63) is 65.9 Å². The first-order valence-corrected chi connectivity index (χ1v) is 7.32. The first-order chi connectivity index (χ1) is 10.3. The SMILES string of the molecule is CCN(Cc1c(CN)oc2ccccc12)c1ccccc1. The smallest absolute Gasteiger partial charge is 0.134 e. The molecule has 0 bridgehead atoms. The van der Waals surface area contributed by atoms with Gasteiger partial charge in [0.25, 0.3) is 0 Å². The fourth-order valence-electron chi connectivity index (χ4n) is 2.70. The van der Waals surface area contributed by atoms with Crippen molar-refractivity contribution in [2.45, 2.75) is 20.0 Å². The van der Waals surface area contributed by atoms with Gasteiger partial charge in [-0.2, -0.15) is 0 Å². The molecule has 0 fully saturated rings. The summed E-state index contributed by atoms with van der Waals surface area (Å²) in [5, 5.41) is 1.16. The monoisotopic (exact) mass is 280 g/mol. The first kappa shape index (κ1) is 13.7. The Morgan fingerprint density at radius 2 is 1.71 bits per heavy atom. The number of furan rings is 1. The third kappa shape index (κ3) is 2.65. The van der Waals surface area contributed by atoms with Gasteiger partial charge in [-0.25, -0.2) is 0 Å². The Labute approximate surface area is 125 Å². The van der Waals surface area contributed by atoms with E-state index in [-0.39, 0.29) is 0 Å². The van der Waals surface area contributed by atoms with Crippen molar-refractivity contribution in [2.75, 3.05) is 11.4 Å². The lowest BCUT2D eigenvalue weighted by atomic mass is 10.1. The van der Waals surface area contributed by atoms with Crippen LogP contribution in [0.2, 0.25) is 0 Å². The van der Waals surface area contributed by atoms with Gasteiger partial charge in [0.15, 0.2) is 0 Å². The molecule has 21 heavy (non-hydrogen) atoms. The highest BCUT2D eigenvalue weighted by Gasteiger charge is 2.15. The maximum absolute atomic E-state index is 5.88. The molecule has 0 spiro atoms. The number of hydrogen-bond donors (Lipinski definition) is 1. The normalized spacial score (nSPS) is 11.0. The minimum absolute atomic E-state index is 0.427. The summed E-state index contributed by atoms with van der Waals surface area (Å²) in [7, 11) is 0. The van der Waals surface area contributed by atoms with Gasteiger partial charge in [-0.1, -0.05) is 36.4 Å². The maximum atomic E-state index is 5.88. The van der Waals surface area contributed by atoms with Gasteiger partial charge in [0.05, 0.1) is 6.54 Å². The lowest BCUT2D eigenvalue weighted by Gasteiger charge is -2.23. The summed E-state index contributed by atoms with van der Waals surface area (Å²) < 4.78 is 5.88. The summed E-state index contributed by atoms with van der Waals surface area (Å²) in [6.07, 6.45) is 0. The number of nitrogens with two attached hydrogens (primary N) is 1. The largest absolute Gasteiger partial charge is 0.459 e. The fraction of sp³-hybridized carbons (Fsp3) is 0.222. The molecule has 1 heterocycles. The van der Waals surface area contributed by atoms with Crippen LogP contribution in [0.15, 0.2) is 59.0 Å². The number of benzene rings is 2. The van der Waals surface area contributed by atoms with Gasteiger partial charge in [0.2, 0.25) is 0 Å². The van der Waals surface area contributed by atoms with E-state index < -0.39 is 0 Å². The molecular weight excluding hydrogens is 260 g/mol. The molecule has 2 N–H and O–H groups in total. The molecule has 0 aliphatic rings. The second kappa shape index (κ2) is 6.02.